The number of hydrogen-bond acceptors (Lipinski definition) is 3. The molecule has 5 heteroatoms. The predicted octanol–water partition coefficient (Wildman–Crippen LogP) is 3.48. The lowest BCUT2D eigenvalue weighted by molar-refractivity contribution is -0.134. The van der Waals surface area contributed by atoms with Crippen molar-refractivity contribution in [1.82, 2.24) is 9.88 Å². The standard InChI is InChI=1S/C17H17ClN2O2/c18-13-6-8-14(9-7-13)22-12-17(21)20-11-3-5-16(20)15-4-1-2-10-19-15/h1-2,4,6-10,16H,3,5,11-12H2. The van der Waals surface area contributed by atoms with E-state index in [1.165, 1.54) is 0 Å². The van der Waals surface area contributed by atoms with Crippen LogP contribution in [-0.2, 0) is 4.79 Å². The van der Waals surface area contributed by atoms with Gasteiger partial charge in [0.2, 0.25) is 0 Å². The van der Waals surface area contributed by atoms with E-state index in [0.717, 1.165) is 25.1 Å². The molecule has 0 spiro atoms. The molecule has 2 aromatic rings. The van der Waals surface area contributed by atoms with E-state index in [0.29, 0.717) is 10.8 Å². The predicted molar refractivity (Wildman–Crippen MR) is 84.9 cm³/mol. The number of rotatable bonds is 4. The van der Waals surface area contributed by atoms with Crippen LogP contribution < -0.4 is 4.74 Å². The van der Waals surface area contributed by atoms with Crippen LogP contribution in [0.3, 0.4) is 0 Å². The minimum Gasteiger partial charge on any atom is -0.484 e. The normalized spacial score (nSPS) is 17.5. The van der Waals surface area contributed by atoms with Crippen LogP contribution >= 0.6 is 11.6 Å². The average Bonchev–Trinajstić information content (AvgIpc) is 3.04. The Morgan fingerprint density at radius 2 is 2.09 bits per heavy atom. The van der Waals surface area contributed by atoms with Gasteiger partial charge in [0.15, 0.2) is 6.61 Å². The van der Waals surface area contributed by atoms with Gasteiger partial charge in [0.05, 0.1) is 11.7 Å². The number of nitrogens with zero attached hydrogens (tertiary/aromatic N) is 2. The smallest absolute Gasteiger partial charge is 0.261 e. The minimum absolute atomic E-state index is 0.0110. The van der Waals surface area contributed by atoms with Crippen molar-refractivity contribution in [3.05, 3.63) is 59.4 Å². The monoisotopic (exact) mass is 316 g/mol. The first-order valence-corrected chi connectivity index (χ1v) is 7.70. The summed E-state index contributed by atoms with van der Waals surface area (Å²) in [5, 5.41) is 0.647. The van der Waals surface area contributed by atoms with Crippen LogP contribution in [0, 0.1) is 0 Å². The van der Waals surface area contributed by atoms with E-state index in [1.54, 1.807) is 30.5 Å². The number of ether oxygens (including phenoxy) is 1. The lowest BCUT2D eigenvalue weighted by Gasteiger charge is -2.24. The van der Waals surface area contributed by atoms with Crippen LogP contribution in [0.25, 0.3) is 0 Å². The van der Waals surface area contributed by atoms with Crippen molar-refractivity contribution in [3.63, 3.8) is 0 Å². The Hall–Kier alpha value is -2.07. The fourth-order valence-electron chi connectivity index (χ4n) is 2.70. The Morgan fingerprint density at radius 1 is 1.27 bits per heavy atom. The number of likely N-dealkylation sites (tertiary alicyclic amines) is 1. The Bertz CT molecular complexity index is 631. The molecule has 1 fully saturated rings. The van der Waals surface area contributed by atoms with Gasteiger partial charge in [0.25, 0.3) is 5.91 Å². The van der Waals surface area contributed by atoms with Gasteiger partial charge in [0, 0.05) is 17.8 Å². The third-order valence-electron chi connectivity index (χ3n) is 3.78. The van der Waals surface area contributed by atoms with Gasteiger partial charge in [-0.2, -0.15) is 0 Å². The van der Waals surface area contributed by atoms with Crippen molar-refractivity contribution in [3.8, 4) is 5.75 Å². The second-order valence-electron chi connectivity index (χ2n) is 5.24. The number of benzene rings is 1. The van der Waals surface area contributed by atoms with Gasteiger partial charge in [-0.1, -0.05) is 17.7 Å². The molecule has 1 saturated heterocycles. The highest BCUT2D eigenvalue weighted by molar-refractivity contribution is 6.30. The maximum atomic E-state index is 12.4. The minimum atomic E-state index is -0.0110. The molecule has 0 N–H and O–H groups in total. The van der Waals surface area contributed by atoms with E-state index in [9.17, 15) is 4.79 Å². The fraction of sp³-hybridized carbons (Fsp3) is 0.294. The van der Waals surface area contributed by atoms with E-state index in [-0.39, 0.29) is 18.6 Å². The number of amides is 1. The van der Waals surface area contributed by atoms with Gasteiger partial charge in [0.1, 0.15) is 5.75 Å². The first-order valence-electron chi connectivity index (χ1n) is 7.33. The summed E-state index contributed by atoms with van der Waals surface area (Å²) >= 11 is 5.83. The number of carbonyl (C=O) groups is 1. The maximum Gasteiger partial charge on any atom is 0.261 e. The highest BCUT2D eigenvalue weighted by atomic mass is 35.5. The maximum absolute atomic E-state index is 12.4. The first-order chi connectivity index (χ1) is 10.7. The summed E-state index contributed by atoms with van der Waals surface area (Å²) in [6.07, 6.45) is 3.71. The lowest BCUT2D eigenvalue weighted by Crippen LogP contribution is -2.34. The van der Waals surface area contributed by atoms with Crippen molar-refractivity contribution in [2.45, 2.75) is 18.9 Å². The zero-order valence-corrected chi connectivity index (χ0v) is 12.9. The molecule has 0 saturated carbocycles. The molecule has 3 rings (SSSR count). The molecular weight excluding hydrogens is 300 g/mol. The van der Waals surface area contributed by atoms with Gasteiger partial charge in [-0.25, -0.2) is 0 Å². The van der Waals surface area contributed by atoms with E-state index >= 15 is 0 Å². The van der Waals surface area contributed by atoms with E-state index < -0.39 is 0 Å². The highest BCUT2D eigenvalue weighted by Gasteiger charge is 2.30. The van der Waals surface area contributed by atoms with Crippen LogP contribution in [0.5, 0.6) is 5.75 Å². The summed E-state index contributed by atoms with van der Waals surface area (Å²) in [7, 11) is 0. The number of pyridine rings is 1. The first kappa shape index (κ1) is 14.9. The van der Waals surface area contributed by atoms with Gasteiger partial charge in [-0.05, 0) is 49.2 Å². The molecule has 1 aliphatic rings. The molecule has 1 atom stereocenters. The van der Waals surface area contributed by atoms with Crippen molar-refractivity contribution in [1.29, 1.82) is 0 Å². The molecule has 4 nitrogen and oxygen atoms in total. The summed E-state index contributed by atoms with van der Waals surface area (Å²) in [4.78, 5) is 18.6. The Kier molecular flexibility index (Phi) is 4.59. The highest BCUT2D eigenvalue weighted by Crippen LogP contribution is 2.30. The largest absolute Gasteiger partial charge is 0.484 e. The van der Waals surface area contributed by atoms with Gasteiger partial charge in [-0.15, -0.1) is 0 Å². The van der Waals surface area contributed by atoms with Crippen molar-refractivity contribution in [2.24, 2.45) is 0 Å². The number of halogens is 1. The third kappa shape index (κ3) is 3.39. The van der Waals surface area contributed by atoms with E-state index in [2.05, 4.69) is 4.98 Å². The Labute approximate surface area is 134 Å². The summed E-state index contributed by atoms with van der Waals surface area (Å²) in [5.41, 5.74) is 0.944. The average molecular weight is 317 g/mol. The number of aromatic nitrogens is 1. The number of hydrogen-bond donors (Lipinski definition) is 0. The van der Waals surface area contributed by atoms with Crippen LogP contribution in [0.2, 0.25) is 5.02 Å². The molecule has 1 amide bonds. The topological polar surface area (TPSA) is 42.4 Å². The summed E-state index contributed by atoms with van der Waals surface area (Å²) < 4.78 is 5.55. The van der Waals surface area contributed by atoms with Crippen LogP contribution in [0.4, 0.5) is 0 Å². The molecule has 0 aliphatic carbocycles. The molecule has 0 bridgehead atoms. The molecule has 1 aliphatic heterocycles. The van der Waals surface area contributed by atoms with Crippen molar-refractivity contribution < 1.29 is 9.53 Å². The molecular formula is C17H17ClN2O2. The molecule has 1 aromatic carbocycles. The Morgan fingerprint density at radius 3 is 2.82 bits per heavy atom. The zero-order valence-electron chi connectivity index (χ0n) is 12.1. The summed E-state index contributed by atoms with van der Waals surface area (Å²) in [6.45, 7) is 0.787. The van der Waals surface area contributed by atoms with Gasteiger partial charge in [-0.3, -0.25) is 9.78 Å². The second-order valence-corrected chi connectivity index (χ2v) is 5.68. The van der Waals surface area contributed by atoms with Crippen molar-refractivity contribution >= 4 is 17.5 Å². The van der Waals surface area contributed by atoms with Gasteiger partial charge < -0.3 is 9.64 Å². The van der Waals surface area contributed by atoms with E-state index in [1.807, 2.05) is 23.1 Å². The molecule has 2 heterocycles. The molecule has 22 heavy (non-hydrogen) atoms. The Balaban J connectivity index is 1.62. The number of carbonyl (C=O) groups excluding carboxylic acids is 1. The van der Waals surface area contributed by atoms with Gasteiger partial charge >= 0.3 is 0 Å². The SMILES string of the molecule is O=C(COc1ccc(Cl)cc1)N1CCCC1c1ccccn1. The zero-order chi connectivity index (χ0) is 15.4. The molecule has 0 radical (unpaired) electrons. The third-order valence-corrected chi connectivity index (χ3v) is 4.03. The quantitative estimate of drug-likeness (QED) is 0.867. The van der Waals surface area contributed by atoms with Crippen LogP contribution in [-0.4, -0.2) is 28.9 Å². The van der Waals surface area contributed by atoms with Crippen LogP contribution in [0.15, 0.2) is 48.7 Å². The summed E-state index contributed by atoms with van der Waals surface area (Å²) in [5.74, 6) is 0.634. The molecule has 1 unspecified atom stereocenters. The second kappa shape index (κ2) is 6.79. The fourth-order valence-corrected chi connectivity index (χ4v) is 2.83. The van der Waals surface area contributed by atoms with Crippen LogP contribution in [0.1, 0.15) is 24.6 Å². The molecule has 114 valence electrons. The van der Waals surface area contributed by atoms with Crippen molar-refractivity contribution in [2.75, 3.05) is 13.2 Å². The van der Waals surface area contributed by atoms with E-state index in [4.69, 9.17) is 16.3 Å². The molecule has 1 aromatic heterocycles. The summed E-state index contributed by atoms with van der Waals surface area (Å²) in [6, 6.07) is 12.9. The lowest BCUT2D eigenvalue weighted by atomic mass is 10.1.